The summed E-state index contributed by atoms with van der Waals surface area (Å²) in [7, 11) is 0. The summed E-state index contributed by atoms with van der Waals surface area (Å²) in [6, 6.07) is 12.9. The van der Waals surface area contributed by atoms with Crippen LogP contribution in [0.5, 0.6) is 0 Å². The van der Waals surface area contributed by atoms with E-state index in [1.807, 2.05) is 31.2 Å². The predicted molar refractivity (Wildman–Crippen MR) is 125 cm³/mol. The van der Waals surface area contributed by atoms with Crippen LogP contribution in [0.1, 0.15) is 24.0 Å². The van der Waals surface area contributed by atoms with Crippen LogP contribution in [0.25, 0.3) is 6.08 Å². The minimum absolute atomic E-state index is 0.0951. The summed E-state index contributed by atoms with van der Waals surface area (Å²) in [5.41, 5.74) is 2.51. The molecule has 1 N–H and O–H groups in total. The van der Waals surface area contributed by atoms with Crippen molar-refractivity contribution in [2.75, 3.05) is 11.9 Å². The van der Waals surface area contributed by atoms with E-state index in [0.29, 0.717) is 44.2 Å². The Balaban J connectivity index is 1.57. The first-order chi connectivity index (χ1) is 13.8. The second kappa shape index (κ2) is 9.76. The zero-order valence-corrected chi connectivity index (χ0v) is 18.7. The monoisotopic (exact) mass is 464 g/mol. The highest BCUT2D eigenvalue weighted by Crippen LogP contribution is 2.35. The molecule has 3 rings (SSSR count). The number of rotatable bonds is 6. The summed E-state index contributed by atoms with van der Waals surface area (Å²) in [6.07, 6.45) is 2.50. The normalized spacial score (nSPS) is 15.3. The standard InChI is InChI=1S/C21H18Cl2N2O2S2/c1-13-5-2-7-15(11-13)24-18(26)9-4-10-25-20(27)17(29-21(25)28)12-14-6-3-8-16(22)19(14)23/h2-3,5-8,11-12H,4,9-10H2,1H3,(H,24,26)/b17-12-. The average Bonchev–Trinajstić information content (AvgIpc) is 2.93. The number of anilines is 1. The minimum atomic E-state index is -0.185. The smallest absolute Gasteiger partial charge is 0.266 e. The van der Waals surface area contributed by atoms with Crippen molar-refractivity contribution in [3.05, 3.63) is 68.5 Å². The molecule has 1 fully saturated rings. The topological polar surface area (TPSA) is 49.4 Å². The number of benzene rings is 2. The molecule has 8 heteroatoms. The molecule has 0 aliphatic carbocycles. The van der Waals surface area contributed by atoms with Crippen molar-refractivity contribution >= 4 is 75.1 Å². The number of thioether (sulfide) groups is 1. The highest BCUT2D eigenvalue weighted by molar-refractivity contribution is 8.26. The third-order valence-corrected chi connectivity index (χ3v) is 6.44. The van der Waals surface area contributed by atoms with Crippen LogP contribution in [-0.4, -0.2) is 27.6 Å². The van der Waals surface area contributed by atoms with Crippen LogP contribution in [-0.2, 0) is 9.59 Å². The van der Waals surface area contributed by atoms with Crippen LogP contribution in [0.15, 0.2) is 47.4 Å². The maximum atomic E-state index is 12.7. The number of carbonyl (C=O) groups is 2. The number of hydrogen-bond acceptors (Lipinski definition) is 4. The first-order valence-corrected chi connectivity index (χ1v) is 10.9. The molecule has 1 aliphatic rings. The summed E-state index contributed by atoms with van der Waals surface area (Å²) < 4.78 is 0.471. The van der Waals surface area contributed by atoms with Crippen LogP contribution in [0.3, 0.4) is 0 Å². The van der Waals surface area contributed by atoms with Gasteiger partial charge in [0.15, 0.2) is 0 Å². The molecule has 0 atom stereocenters. The number of nitrogens with zero attached hydrogens (tertiary/aromatic N) is 1. The second-order valence-electron chi connectivity index (χ2n) is 6.50. The first kappa shape index (κ1) is 21.8. The van der Waals surface area contributed by atoms with Gasteiger partial charge in [-0.3, -0.25) is 14.5 Å². The second-order valence-corrected chi connectivity index (χ2v) is 8.96. The van der Waals surface area contributed by atoms with E-state index >= 15 is 0 Å². The van der Waals surface area contributed by atoms with Gasteiger partial charge in [0.1, 0.15) is 4.32 Å². The number of hydrogen-bond donors (Lipinski definition) is 1. The van der Waals surface area contributed by atoms with E-state index in [0.717, 1.165) is 11.3 Å². The van der Waals surface area contributed by atoms with Crippen molar-refractivity contribution in [2.45, 2.75) is 19.8 Å². The highest BCUT2D eigenvalue weighted by atomic mass is 35.5. The molecular formula is C21H18Cl2N2O2S2. The fourth-order valence-electron chi connectivity index (χ4n) is 2.81. The van der Waals surface area contributed by atoms with Crippen molar-refractivity contribution in [3.63, 3.8) is 0 Å². The van der Waals surface area contributed by atoms with Crippen molar-refractivity contribution in [3.8, 4) is 0 Å². The Labute approximate surface area is 189 Å². The van der Waals surface area contributed by atoms with E-state index in [1.54, 1.807) is 24.3 Å². The zero-order valence-electron chi connectivity index (χ0n) is 15.6. The molecule has 0 aromatic heterocycles. The molecule has 0 radical (unpaired) electrons. The maximum Gasteiger partial charge on any atom is 0.266 e. The molecule has 1 saturated heterocycles. The van der Waals surface area contributed by atoms with Gasteiger partial charge in [0.05, 0.1) is 15.0 Å². The summed E-state index contributed by atoms with van der Waals surface area (Å²) in [4.78, 5) is 26.8. The summed E-state index contributed by atoms with van der Waals surface area (Å²) in [6.45, 7) is 2.35. The lowest BCUT2D eigenvalue weighted by Gasteiger charge is -2.14. The van der Waals surface area contributed by atoms with Gasteiger partial charge >= 0.3 is 0 Å². The van der Waals surface area contributed by atoms with Gasteiger partial charge in [-0.05, 0) is 48.7 Å². The molecule has 0 spiro atoms. The fourth-order valence-corrected chi connectivity index (χ4v) is 4.47. The summed E-state index contributed by atoms with van der Waals surface area (Å²) in [5, 5.41) is 3.69. The van der Waals surface area contributed by atoms with Crippen LogP contribution in [0, 0.1) is 6.92 Å². The Kier molecular flexibility index (Phi) is 7.35. The number of thiocarbonyl (C=S) groups is 1. The van der Waals surface area contributed by atoms with E-state index in [4.69, 9.17) is 35.4 Å². The Morgan fingerprint density at radius 3 is 2.76 bits per heavy atom. The van der Waals surface area contributed by atoms with E-state index in [2.05, 4.69) is 5.32 Å². The van der Waals surface area contributed by atoms with Gasteiger partial charge in [0.2, 0.25) is 5.91 Å². The number of nitrogens with one attached hydrogen (secondary N) is 1. The van der Waals surface area contributed by atoms with Gasteiger partial charge in [0.25, 0.3) is 5.91 Å². The molecule has 2 aromatic rings. The Hall–Kier alpha value is -1.86. The third-order valence-electron chi connectivity index (χ3n) is 4.23. The minimum Gasteiger partial charge on any atom is -0.326 e. The number of amides is 2. The third kappa shape index (κ3) is 5.60. The van der Waals surface area contributed by atoms with Crippen molar-refractivity contribution in [2.24, 2.45) is 0 Å². The number of halogens is 2. The van der Waals surface area contributed by atoms with Crippen molar-refractivity contribution in [1.82, 2.24) is 4.90 Å². The molecule has 1 heterocycles. The van der Waals surface area contributed by atoms with Gasteiger partial charge in [-0.1, -0.05) is 71.4 Å². The quantitative estimate of drug-likeness (QED) is 0.425. The van der Waals surface area contributed by atoms with Gasteiger partial charge < -0.3 is 5.32 Å². The lowest BCUT2D eigenvalue weighted by Crippen LogP contribution is -2.29. The molecule has 0 saturated carbocycles. The Morgan fingerprint density at radius 2 is 2.00 bits per heavy atom. The lowest BCUT2D eigenvalue weighted by molar-refractivity contribution is -0.122. The predicted octanol–water partition coefficient (Wildman–Crippen LogP) is 5.92. The largest absolute Gasteiger partial charge is 0.326 e. The summed E-state index contributed by atoms with van der Waals surface area (Å²) in [5.74, 6) is -0.280. The zero-order chi connectivity index (χ0) is 21.0. The first-order valence-electron chi connectivity index (χ1n) is 8.91. The molecule has 150 valence electrons. The average molecular weight is 465 g/mol. The van der Waals surface area contributed by atoms with E-state index in [9.17, 15) is 9.59 Å². The van der Waals surface area contributed by atoms with Gasteiger partial charge in [0, 0.05) is 18.7 Å². The van der Waals surface area contributed by atoms with Gasteiger partial charge in [-0.25, -0.2) is 0 Å². The van der Waals surface area contributed by atoms with Crippen LogP contribution < -0.4 is 5.32 Å². The van der Waals surface area contributed by atoms with Gasteiger partial charge in [-0.2, -0.15) is 0 Å². The molecular weight excluding hydrogens is 447 g/mol. The van der Waals surface area contributed by atoms with E-state index < -0.39 is 0 Å². The SMILES string of the molecule is Cc1cccc(NC(=O)CCCN2C(=O)/C(=C/c3cccc(Cl)c3Cl)SC2=S)c1. The van der Waals surface area contributed by atoms with Crippen LogP contribution in [0.2, 0.25) is 10.0 Å². The highest BCUT2D eigenvalue weighted by Gasteiger charge is 2.31. The van der Waals surface area contributed by atoms with Crippen molar-refractivity contribution < 1.29 is 9.59 Å². The number of aryl methyl sites for hydroxylation is 1. The summed E-state index contributed by atoms with van der Waals surface area (Å²) >= 11 is 18.8. The molecule has 2 aromatic carbocycles. The van der Waals surface area contributed by atoms with E-state index in [-0.39, 0.29) is 11.8 Å². The molecule has 29 heavy (non-hydrogen) atoms. The lowest BCUT2D eigenvalue weighted by atomic mass is 10.2. The Bertz CT molecular complexity index is 1010. The van der Waals surface area contributed by atoms with Gasteiger partial charge in [-0.15, -0.1) is 0 Å². The molecule has 0 bridgehead atoms. The van der Waals surface area contributed by atoms with Crippen LogP contribution in [0.4, 0.5) is 5.69 Å². The van der Waals surface area contributed by atoms with Crippen molar-refractivity contribution in [1.29, 1.82) is 0 Å². The molecule has 2 amide bonds. The molecule has 1 aliphatic heterocycles. The maximum absolute atomic E-state index is 12.7. The molecule has 0 unspecified atom stereocenters. The van der Waals surface area contributed by atoms with E-state index in [1.165, 1.54) is 16.7 Å². The molecule has 4 nitrogen and oxygen atoms in total. The Morgan fingerprint density at radius 1 is 1.24 bits per heavy atom. The van der Waals surface area contributed by atoms with Crippen LogP contribution >= 0.6 is 47.2 Å². The fraction of sp³-hybridized carbons (Fsp3) is 0.190. The number of carbonyl (C=O) groups excluding carboxylic acids is 2.